The normalized spacial score (nSPS) is 13.0. The average molecular weight is 433 g/mol. The Morgan fingerprint density at radius 3 is 2.30 bits per heavy atom. The number of fused-ring (bicyclic) bond motifs is 1. The summed E-state index contributed by atoms with van der Waals surface area (Å²) < 4.78 is 49.6. The SMILES string of the molecule is COC(=O)c1cc(OC)c(OC)c(OC)c1NS(=O)(=O)C1=Cc2ccccc2CC1. The van der Waals surface area contributed by atoms with Gasteiger partial charge in [-0.15, -0.1) is 0 Å². The molecule has 0 saturated carbocycles. The van der Waals surface area contributed by atoms with Crippen molar-refractivity contribution >= 4 is 27.8 Å². The van der Waals surface area contributed by atoms with Crippen LogP contribution in [0.4, 0.5) is 5.69 Å². The topological polar surface area (TPSA) is 100 Å². The van der Waals surface area contributed by atoms with Gasteiger partial charge in [-0.25, -0.2) is 13.2 Å². The van der Waals surface area contributed by atoms with Crippen molar-refractivity contribution in [2.45, 2.75) is 12.8 Å². The third-order valence-electron chi connectivity index (χ3n) is 4.83. The van der Waals surface area contributed by atoms with Gasteiger partial charge in [-0.3, -0.25) is 4.72 Å². The molecule has 0 radical (unpaired) electrons. The molecule has 8 nitrogen and oxygen atoms in total. The molecular formula is C21H23NO7S. The first kappa shape index (κ1) is 21.5. The lowest BCUT2D eigenvalue weighted by Gasteiger charge is -2.21. The number of benzene rings is 2. The van der Waals surface area contributed by atoms with Gasteiger partial charge in [0.05, 0.1) is 38.9 Å². The minimum absolute atomic E-state index is 0.0117. The molecule has 0 saturated heterocycles. The van der Waals surface area contributed by atoms with Crippen LogP contribution in [0, 0.1) is 0 Å². The highest BCUT2D eigenvalue weighted by Crippen LogP contribution is 2.46. The van der Waals surface area contributed by atoms with Crippen molar-refractivity contribution in [3.63, 3.8) is 0 Å². The zero-order valence-corrected chi connectivity index (χ0v) is 18.0. The van der Waals surface area contributed by atoms with Crippen LogP contribution in [0.5, 0.6) is 17.2 Å². The van der Waals surface area contributed by atoms with Crippen molar-refractivity contribution in [2.24, 2.45) is 0 Å². The Labute approximate surface area is 175 Å². The molecule has 160 valence electrons. The second kappa shape index (κ2) is 8.66. The van der Waals surface area contributed by atoms with E-state index in [1.807, 2.05) is 24.3 Å². The number of aryl methyl sites for hydroxylation is 1. The van der Waals surface area contributed by atoms with Gasteiger partial charge >= 0.3 is 5.97 Å². The molecule has 9 heteroatoms. The van der Waals surface area contributed by atoms with Crippen LogP contribution in [0.25, 0.3) is 6.08 Å². The van der Waals surface area contributed by atoms with E-state index < -0.39 is 16.0 Å². The Balaban J connectivity index is 2.13. The van der Waals surface area contributed by atoms with Crippen molar-refractivity contribution < 1.29 is 32.2 Å². The second-order valence-electron chi connectivity index (χ2n) is 6.47. The number of hydrogen-bond donors (Lipinski definition) is 1. The number of ether oxygens (including phenoxy) is 4. The zero-order chi connectivity index (χ0) is 21.9. The molecule has 0 fully saturated rings. The molecule has 0 atom stereocenters. The Morgan fingerprint density at radius 2 is 1.67 bits per heavy atom. The van der Waals surface area contributed by atoms with Crippen LogP contribution in [0.3, 0.4) is 0 Å². The van der Waals surface area contributed by atoms with Gasteiger partial charge in [0.25, 0.3) is 10.0 Å². The number of rotatable bonds is 7. The largest absolute Gasteiger partial charge is 0.493 e. The molecule has 0 aliphatic heterocycles. The quantitative estimate of drug-likeness (QED) is 0.669. The molecular weight excluding hydrogens is 410 g/mol. The van der Waals surface area contributed by atoms with E-state index in [-0.39, 0.29) is 33.4 Å². The van der Waals surface area contributed by atoms with E-state index >= 15 is 0 Å². The number of allylic oxidation sites excluding steroid dienone is 1. The molecule has 30 heavy (non-hydrogen) atoms. The molecule has 3 rings (SSSR count). The molecule has 0 spiro atoms. The summed E-state index contributed by atoms with van der Waals surface area (Å²) in [5.74, 6) is -0.399. The fraction of sp³-hybridized carbons (Fsp3) is 0.286. The minimum Gasteiger partial charge on any atom is -0.493 e. The predicted molar refractivity (Wildman–Crippen MR) is 113 cm³/mol. The van der Waals surface area contributed by atoms with Crippen LogP contribution in [0.2, 0.25) is 0 Å². The van der Waals surface area contributed by atoms with Crippen LogP contribution in [-0.4, -0.2) is 42.8 Å². The highest BCUT2D eigenvalue weighted by atomic mass is 32.2. The molecule has 0 heterocycles. The number of methoxy groups -OCH3 is 4. The van der Waals surface area contributed by atoms with E-state index in [0.717, 1.165) is 11.1 Å². The van der Waals surface area contributed by atoms with Crippen LogP contribution in [-0.2, 0) is 21.2 Å². The summed E-state index contributed by atoms with van der Waals surface area (Å²) in [6.07, 6.45) is 2.55. The molecule has 0 bridgehead atoms. The van der Waals surface area contributed by atoms with Gasteiger partial charge in [0.15, 0.2) is 11.5 Å². The van der Waals surface area contributed by atoms with Crippen LogP contribution in [0.15, 0.2) is 35.2 Å². The van der Waals surface area contributed by atoms with Crippen molar-refractivity contribution in [3.05, 3.63) is 51.9 Å². The fourth-order valence-corrected chi connectivity index (χ4v) is 4.60. The molecule has 0 unspecified atom stereocenters. The third kappa shape index (κ3) is 3.93. The number of sulfonamides is 1. The van der Waals surface area contributed by atoms with Gasteiger partial charge < -0.3 is 18.9 Å². The van der Waals surface area contributed by atoms with Crippen LogP contribution >= 0.6 is 0 Å². The van der Waals surface area contributed by atoms with Gasteiger partial charge in [-0.05, 0) is 30.0 Å². The van der Waals surface area contributed by atoms with E-state index in [4.69, 9.17) is 18.9 Å². The molecule has 1 aliphatic rings. The zero-order valence-electron chi connectivity index (χ0n) is 17.1. The Bertz CT molecular complexity index is 1110. The molecule has 0 aromatic heterocycles. The molecule has 1 aliphatic carbocycles. The lowest BCUT2D eigenvalue weighted by atomic mass is 9.98. The fourth-order valence-electron chi connectivity index (χ4n) is 3.35. The summed E-state index contributed by atoms with van der Waals surface area (Å²) in [5, 5.41) is 0. The van der Waals surface area contributed by atoms with Crippen LogP contribution < -0.4 is 18.9 Å². The summed E-state index contributed by atoms with van der Waals surface area (Å²) in [6, 6.07) is 8.94. The average Bonchev–Trinajstić information content (AvgIpc) is 2.77. The third-order valence-corrected chi connectivity index (χ3v) is 6.31. The van der Waals surface area contributed by atoms with Crippen molar-refractivity contribution in [3.8, 4) is 17.2 Å². The van der Waals surface area contributed by atoms with E-state index in [2.05, 4.69) is 4.72 Å². The molecule has 1 N–H and O–H groups in total. The van der Waals surface area contributed by atoms with Gasteiger partial charge in [-0.2, -0.15) is 0 Å². The maximum absolute atomic E-state index is 13.2. The molecule has 2 aromatic rings. The monoisotopic (exact) mass is 433 g/mol. The van der Waals surface area contributed by atoms with Gasteiger partial charge in [0, 0.05) is 6.07 Å². The summed E-state index contributed by atoms with van der Waals surface area (Å²) in [5.41, 5.74) is 1.78. The highest BCUT2D eigenvalue weighted by Gasteiger charge is 2.30. The van der Waals surface area contributed by atoms with Gasteiger partial charge in [0.2, 0.25) is 5.75 Å². The number of esters is 1. The highest BCUT2D eigenvalue weighted by molar-refractivity contribution is 7.96. The smallest absolute Gasteiger partial charge is 0.340 e. The summed E-state index contributed by atoms with van der Waals surface area (Å²) in [6.45, 7) is 0. The maximum Gasteiger partial charge on any atom is 0.340 e. The number of carbonyl (C=O) groups is 1. The summed E-state index contributed by atoms with van der Waals surface area (Å²) >= 11 is 0. The number of nitrogens with one attached hydrogen (secondary N) is 1. The first-order chi connectivity index (χ1) is 14.4. The van der Waals surface area contributed by atoms with E-state index in [0.29, 0.717) is 12.8 Å². The number of carbonyl (C=O) groups excluding carboxylic acids is 1. The first-order valence-corrected chi connectivity index (χ1v) is 10.6. The lowest BCUT2D eigenvalue weighted by Crippen LogP contribution is -2.20. The van der Waals surface area contributed by atoms with E-state index in [9.17, 15) is 13.2 Å². The number of anilines is 1. The second-order valence-corrected chi connectivity index (χ2v) is 8.21. The van der Waals surface area contributed by atoms with E-state index in [1.165, 1.54) is 34.5 Å². The van der Waals surface area contributed by atoms with Crippen molar-refractivity contribution in [1.29, 1.82) is 0 Å². The van der Waals surface area contributed by atoms with Crippen LogP contribution in [0.1, 0.15) is 27.9 Å². The number of hydrogen-bond acceptors (Lipinski definition) is 7. The Morgan fingerprint density at radius 1 is 0.967 bits per heavy atom. The van der Waals surface area contributed by atoms with Crippen molar-refractivity contribution in [1.82, 2.24) is 0 Å². The Hall–Kier alpha value is -3.20. The minimum atomic E-state index is -3.99. The molecule has 0 amide bonds. The van der Waals surface area contributed by atoms with E-state index in [1.54, 1.807) is 6.08 Å². The Kier molecular flexibility index (Phi) is 6.21. The first-order valence-electron chi connectivity index (χ1n) is 9.08. The lowest BCUT2D eigenvalue weighted by molar-refractivity contribution is 0.0601. The maximum atomic E-state index is 13.2. The van der Waals surface area contributed by atoms with Gasteiger partial charge in [-0.1, -0.05) is 24.3 Å². The molecule has 2 aromatic carbocycles. The van der Waals surface area contributed by atoms with Crippen molar-refractivity contribution in [2.75, 3.05) is 33.2 Å². The summed E-state index contributed by atoms with van der Waals surface area (Å²) in [7, 11) is 1.33. The predicted octanol–water partition coefficient (Wildman–Crippen LogP) is 3.23. The summed E-state index contributed by atoms with van der Waals surface area (Å²) in [4.78, 5) is 12.6. The van der Waals surface area contributed by atoms with Gasteiger partial charge in [0.1, 0.15) is 5.69 Å². The standard InChI is InChI=1S/C21H23NO7S/c1-26-17-12-16(21(23)29-4)18(20(28-3)19(17)27-2)22-30(24,25)15-10-9-13-7-5-6-8-14(13)11-15/h5-8,11-12,22H,9-10H2,1-4H3.